The highest BCUT2D eigenvalue weighted by molar-refractivity contribution is 7.87. The van der Waals surface area contributed by atoms with Gasteiger partial charge in [0.15, 0.2) is 0 Å². The number of carbonyl (C=O) groups excluding carboxylic acids is 1. The fourth-order valence-corrected chi connectivity index (χ4v) is 3.07. The molecule has 0 aromatic heterocycles. The molecule has 5 nitrogen and oxygen atoms in total. The number of alkyl halides is 1. The van der Waals surface area contributed by atoms with Crippen LogP contribution in [-0.4, -0.2) is 41.9 Å². The van der Waals surface area contributed by atoms with Crippen LogP contribution in [0.15, 0.2) is 0 Å². The van der Waals surface area contributed by atoms with Gasteiger partial charge < -0.3 is 4.90 Å². The Bertz CT molecular complexity index is 405. The molecule has 1 N–H and O–H groups in total. The van der Waals surface area contributed by atoms with Gasteiger partial charge in [0, 0.05) is 19.5 Å². The number of hydrogen-bond acceptors (Lipinski definition) is 3. The molecule has 1 amide bonds. The van der Waals surface area contributed by atoms with Gasteiger partial charge in [-0.1, -0.05) is 26.2 Å². The van der Waals surface area contributed by atoms with E-state index in [-0.39, 0.29) is 6.04 Å². The summed E-state index contributed by atoms with van der Waals surface area (Å²) in [6.45, 7) is 1.22. The molecule has 0 aliphatic heterocycles. The Hall–Kier alpha value is -0.690. The van der Waals surface area contributed by atoms with Crippen LogP contribution >= 0.6 is 0 Å². The second-order valence-electron chi connectivity index (χ2n) is 4.76. The molecule has 0 spiro atoms. The molecule has 18 heavy (non-hydrogen) atoms. The number of carbonyl (C=O) groups is 1. The van der Waals surface area contributed by atoms with Crippen LogP contribution in [0.25, 0.3) is 0 Å². The quantitative estimate of drug-likeness (QED) is 0.796. The molecule has 1 unspecified atom stereocenters. The van der Waals surface area contributed by atoms with Crippen LogP contribution in [0, 0.1) is 0 Å². The number of amides is 1. The van der Waals surface area contributed by atoms with Crippen LogP contribution in [0.5, 0.6) is 0 Å². The van der Waals surface area contributed by atoms with E-state index in [2.05, 4.69) is 0 Å². The number of hydrogen-bond donors (Lipinski definition) is 1. The number of halogens is 1. The van der Waals surface area contributed by atoms with Crippen LogP contribution in [0.4, 0.5) is 4.39 Å². The summed E-state index contributed by atoms with van der Waals surface area (Å²) in [7, 11) is -3.66. The van der Waals surface area contributed by atoms with Gasteiger partial charge in [0.05, 0.1) is 0 Å². The molecule has 106 valence electrons. The minimum atomic E-state index is -5.06. The van der Waals surface area contributed by atoms with Gasteiger partial charge in [0.25, 0.3) is 5.91 Å². The maximum Gasteiger partial charge on any atom is 0.311 e. The van der Waals surface area contributed by atoms with E-state index < -0.39 is 27.4 Å². The van der Waals surface area contributed by atoms with Crippen molar-refractivity contribution in [2.75, 3.05) is 7.05 Å². The second-order valence-corrected chi connectivity index (χ2v) is 6.36. The standard InChI is InChI=1S/C11H20FNO4S/c1-3-11(12,18(15,16)17)10(14)13(2)9-7-5-4-6-8-9/h9H,3-8H2,1-2H3,(H,15,16,17). The lowest BCUT2D eigenvalue weighted by molar-refractivity contribution is -0.140. The summed E-state index contributed by atoms with van der Waals surface area (Å²) in [5, 5.41) is -3.22. The average molecular weight is 281 g/mol. The third-order valence-electron chi connectivity index (χ3n) is 3.63. The Labute approximate surface area is 107 Å². The molecule has 0 bridgehead atoms. The minimum absolute atomic E-state index is 0.144. The van der Waals surface area contributed by atoms with Crippen LogP contribution in [0.2, 0.25) is 0 Å². The summed E-state index contributed by atoms with van der Waals surface area (Å²) < 4.78 is 45.2. The predicted octanol–water partition coefficient (Wildman–Crippen LogP) is 1.74. The highest BCUT2D eigenvalue weighted by atomic mass is 32.2. The molecule has 0 aromatic rings. The molecule has 1 saturated carbocycles. The fourth-order valence-electron chi connectivity index (χ4n) is 2.34. The Morgan fingerprint density at radius 3 is 2.28 bits per heavy atom. The lowest BCUT2D eigenvalue weighted by Gasteiger charge is -2.34. The summed E-state index contributed by atoms with van der Waals surface area (Å²) in [5.41, 5.74) is 0. The lowest BCUT2D eigenvalue weighted by atomic mass is 9.94. The van der Waals surface area contributed by atoms with Crippen LogP contribution in [-0.2, 0) is 14.9 Å². The van der Waals surface area contributed by atoms with Gasteiger partial charge in [-0.15, -0.1) is 0 Å². The van der Waals surface area contributed by atoms with E-state index in [1.54, 1.807) is 0 Å². The van der Waals surface area contributed by atoms with Crippen molar-refractivity contribution < 1.29 is 22.2 Å². The first-order valence-corrected chi connectivity index (χ1v) is 7.61. The Balaban J connectivity index is 2.90. The molecule has 1 aliphatic carbocycles. The van der Waals surface area contributed by atoms with Crippen molar-refractivity contribution in [1.82, 2.24) is 4.90 Å². The van der Waals surface area contributed by atoms with E-state index >= 15 is 0 Å². The average Bonchev–Trinajstić information content (AvgIpc) is 2.35. The molecular weight excluding hydrogens is 261 g/mol. The van der Waals surface area contributed by atoms with Crippen molar-refractivity contribution in [1.29, 1.82) is 0 Å². The zero-order valence-electron chi connectivity index (χ0n) is 10.7. The van der Waals surface area contributed by atoms with Crippen LogP contribution < -0.4 is 0 Å². The van der Waals surface area contributed by atoms with E-state index in [9.17, 15) is 17.6 Å². The Morgan fingerprint density at radius 2 is 1.89 bits per heavy atom. The van der Waals surface area contributed by atoms with Gasteiger partial charge >= 0.3 is 15.1 Å². The highest BCUT2D eigenvalue weighted by Gasteiger charge is 2.51. The predicted molar refractivity (Wildman–Crippen MR) is 65.3 cm³/mol. The van der Waals surface area contributed by atoms with E-state index in [4.69, 9.17) is 4.55 Å². The van der Waals surface area contributed by atoms with E-state index in [1.165, 1.54) is 14.0 Å². The van der Waals surface area contributed by atoms with Crippen molar-refractivity contribution in [3.63, 3.8) is 0 Å². The van der Waals surface area contributed by atoms with Crippen molar-refractivity contribution in [3.8, 4) is 0 Å². The minimum Gasteiger partial charge on any atom is -0.339 e. The molecule has 0 heterocycles. The van der Waals surface area contributed by atoms with Gasteiger partial charge in [0.2, 0.25) is 0 Å². The maximum absolute atomic E-state index is 14.2. The molecule has 0 aromatic carbocycles. The van der Waals surface area contributed by atoms with Crippen LogP contribution in [0.1, 0.15) is 45.4 Å². The van der Waals surface area contributed by atoms with Gasteiger partial charge in [0.1, 0.15) is 0 Å². The highest BCUT2D eigenvalue weighted by Crippen LogP contribution is 2.29. The van der Waals surface area contributed by atoms with Gasteiger partial charge in [-0.3, -0.25) is 9.35 Å². The maximum atomic E-state index is 14.2. The summed E-state index contributed by atoms with van der Waals surface area (Å²) in [6.07, 6.45) is 3.85. The van der Waals surface area contributed by atoms with E-state index in [0.29, 0.717) is 0 Å². The second kappa shape index (κ2) is 5.52. The molecule has 7 heteroatoms. The van der Waals surface area contributed by atoms with Crippen molar-refractivity contribution in [2.45, 2.75) is 56.5 Å². The first-order chi connectivity index (χ1) is 8.24. The number of rotatable bonds is 4. The van der Waals surface area contributed by atoms with Crippen molar-refractivity contribution in [2.24, 2.45) is 0 Å². The van der Waals surface area contributed by atoms with E-state index in [1.807, 2.05) is 0 Å². The first kappa shape index (κ1) is 15.4. The molecule has 1 atom stereocenters. The largest absolute Gasteiger partial charge is 0.339 e. The van der Waals surface area contributed by atoms with Crippen molar-refractivity contribution in [3.05, 3.63) is 0 Å². The Morgan fingerprint density at radius 1 is 1.39 bits per heavy atom. The topological polar surface area (TPSA) is 74.7 Å². The molecule has 0 radical (unpaired) electrons. The third kappa shape index (κ3) is 2.83. The molecule has 0 saturated heterocycles. The molecule has 1 aliphatic rings. The zero-order chi connectivity index (χ0) is 14.0. The summed E-state index contributed by atoms with van der Waals surface area (Å²) in [6, 6.07) is -0.144. The van der Waals surface area contributed by atoms with Gasteiger partial charge in [-0.25, -0.2) is 4.39 Å². The summed E-state index contributed by atoms with van der Waals surface area (Å²) >= 11 is 0. The smallest absolute Gasteiger partial charge is 0.311 e. The molecule has 1 rings (SSSR count). The first-order valence-electron chi connectivity index (χ1n) is 6.17. The van der Waals surface area contributed by atoms with Gasteiger partial charge in [-0.2, -0.15) is 8.42 Å². The third-order valence-corrected chi connectivity index (χ3v) is 4.91. The molecule has 1 fully saturated rings. The summed E-state index contributed by atoms with van der Waals surface area (Å²) in [4.78, 5) is 13.1. The number of nitrogens with zero attached hydrogens (tertiary/aromatic N) is 1. The van der Waals surface area contributed by atoms with Gasteiger partial charge in [-0.05, 0) is 12.8 Å². The molecular formula is C11H20FNO4S. The van der Waals surface area contributed by atoms with Crippen molar-refractivity contribution >= 4 is 16.0 Å². The Kier molecular flexibility index (Phi) is 4.72. The fraction of sp³-hybridized carbons (Fsp3) is 0.909. The van der Waals surface area contributed by atoms with Crippen LogP contribution in [0.3, 0.4) is 0 Å². The SMILES string of the molecule is CCC(F)(C(=O)N(C)C1CCCCC1)S(=O)(=O)O. The summed E-state index contributed by atoms with van der Waals surface area (Å²) in [5.74, 6) is -1.17. The monoisotopic (exact) mass is 281 g/mol. The van der Waals surface area contributed by atoms with E-state index in [0.717, 1.165) is 37.0 Å². The zero-order valence-corrected chi connectivity index (χ0v) is 11.5. The normalized spacial score (nSPS) is 21.3. The lowest BCUT2D eigenvalue weighted by Crippen LogP contribution is -2.52.